The van der Waals surface area contributed by atoms with Gasteiger partial charge in [0.2, 0.25) is 0 Å². The lowest BCUT2D eigenvalue weighted by Crippen LogP contribution is -2.53. The second-order valence-corrected chi connectivity index (χ2v) is 10.1. The number of halogens is 9. The van der Waals surface area contributed by atoms with Crippen molar-refractivity contribution in [3.8, 4) is 16.2 Å². The summed E-state index contributed by atoms with van der Waals surface area (Å²) in [5.41, 5.74) is -10.5. The molecule has 8 nitrogen and oxygen atoms in total. The molecule has 0 fully saturated rings. The summed E-state index contributed by atoms with van der Waals surface area (Å²) in [4.78, 5) is 30.3. The Hall–Kier alpha value is -3.12. The normalized spacial score (nSPS) is 13.2. The minimum absolute atomic E-state index is 0.0571. The molecule has 3 N–H and O–H groups in total. The van der Waals surface area contributed by atoms with Crippen molar-refractivity contribution < 1.29 is 64.1 Å². The molecule has 0 aliphatic carbocycles. The summed E-state index contributed by atoms with van der Waals surface area (Å²) < 4.78 is 124. The molecule has 0 atom stereocenters. The van der Waals surface area contributed by atoms with Crippen molar-refractivity contribution in [2.75, 3.05) is 19.6 Å². The molecule has 1 aromatic heterocycles. The van der Waals surface area contributed by atoms with Gasteiger partial charge in [-0.05, 0) is 39.8 Å². The maximum absolute atomic E-state index is 13.4. The first kappa shape index (κ1) is 34.1. The molecule has 230 valence electrons. The lowest BCUT2D eigenvalue weighted by Gasteiger charge is -2.33. The maximum Gasteiger partial charge on any atom is 0.573 e. The van der Waals surface area contributed by atoms with Gasteiger partial charge in [0.25, 0.3) is 17.4 Å². The van der Waals surface area contributed by atoms with Gasteiger partial charge in [-0.3, -0.25) is 9.59 Å². The molecule has 0 aliphatic rings. The molecular weight excluding hydrogens is 601 g/mol. The minimum Gasteiger partial charge on any atom is -0.405 e. The van der Waals surface area contributed by atoms with Crippen LogP contribution >= 0.6 is 11.3 Å². The van der Waals surface area contributed by atoms with E-state index < -0.39 is 74.2 Å². The number of hydrogen-bond donors (Lipinski definition) is 3. The van der Waals surface area contributed by atoms with Crippen LogP contribution in [-0.2, 0) is 5.60 Å². The van der Waals surface area contributed by atoms with E-state index in [1.54, 1.807) is 0 Å². The quantitative estimate of drug-likeness (QED) is 0.338. The number of carbonyl (C=O) groups is 2. The van der Waals surface area contributed by atoms with Crippen molar-refractivity contribution in [2.45, 2.75) is 57.6 Å². The molecule has 0 saturated carbocycles. The first-order chi connectivity index (χ1) is 18.5. The Balaban J connectivity index is 2.87. The van der Waals surface area contributed by atoms with Crippen LogP contribution in [0.5, 0.6) is 5.75 Å². The largest absolute Gasteiger partial charge is 0.573 e. The molecule has 0 bridgehead atoms. The highest BCUT2D eigenvalue weighted by molar-refractivity contribution is 7.17. The fourth-order valence-electron chi connectivity index (χ4n) is 3.41. The zero-order valence-corrected chi connectivity index (χ0v) is 22.5. The van der Waals surface area contributed by atoms with Gasteiger partial charge in [-0.25, -0.2) is 4.98 Å². The Labute approximate surface area is 230 Å². The number of nitrogens with zero attached hydrogens (tertiary/aromatic N) is 2. The lowest BCUT2D eigenvalue weighted by atomic mass is 9.90. The van der Waals surface area contributed by atoms with E-state index >= 15 is 0 Å². The molecule has 0 spiro atoms. The van der Waals surface area contributed by atoms with E-state index in [-0.39, 0.29) is 31.8 Å². The molecule has 1 heterocycles. The minimum atomic E-state index is -6.41. The number of carbonyl (C=O) groups excluding carboxylic acids is 2. The van der Waals surface area contributed by atoms with Gasteiger partial charge in [0.1, 0.15) is 11.4 Å². The third-order valence-electron chi connectivity index (χ3n) is 5.45. The highest BCUT2D eigenvalue weighted by Crippen LogP contribution is 2.52. The first-order valence-corrected chi connectivity index (χ1v) is 12.4. The Kier molecular flexibility index (Phi) is 9.67. The summed E-state index contributed by atoms with van der Waals surface area (Å²) in [5.74, 6) is -3.55. The van der Waals surface area contributed by atoms with Crippen LogP contribution in [0.2, 0.25) is 0 Å². The van der Waals surface area contributed by atoms with Gasteiger partial charge in [0.05, 0.1) is 10.5 Å². The summed E-state index contributed by atoms with van der Waals surface area (Å²) in [6.45, 7) is 5.52. The molecule has 1 aromatic carbocycles. The van der Waals surface area contributed by atoms with Crippen molar-refractivity contribution in [1.29, 1.82) is 0 Å². The zero-order chi connectivity index (χ0) is 31.8. The van der Waals surface area contributed by atoms with Crippen LogP contribution < -0.4 is 10.1 Å². The molecule has 0 saturated heterocycles. The fraction of sp³-hybridized carbons (Fsp3) is 0.522. The van der Waals surface area contributed by atoms with Crippen molar-refractivity contribution in [3.63, 3.8) is 0 Å². The summed E-state index contributed by atoms with van der Waals surface area (Å²) in [6.07, 6.45) is -18.5. The van der Waals surface area contributed by atoms with Crippen molar-refractivity contribution in [3.05, 3.63) is 34.5 Å². The number of ether oxygens (including phenoxy) is 1. The van der Waals surface area contributed by atoms with Crippen LogP contribution in [0.25, 0.3) is 10.4 Å². The molecule has 0 unspecified atom stereocenters. The van der Waals surface area contributed by atoms with E-state index in [1.165, 1.54) is 27.7 Å². The number of alkyl halides is 9. The van der Waals surface area contributed by atoms with E-state index in [4.69, 9.17) is 0 Å². The van der Waals surface area contributed by atoms with Crippen LogP contribution in [0.3, 0.4) is 0 Å². The van der Waals surface area contributed by atoms with Gasteiger partial charge >= 0.3 is 18.7 Å². The first-order valence-electron chi connectivity index (χ1n) is 11.5. The number of aromatic nitrogens is 1. The van der Waals surface area contributed by atoms with E-state index in [0.717, 1.165) is 4.90 Å². The summed E-state index contributed by atoms with van der Waals surface area (Å²) >= 11 is 0.296. The van der Waals surface area contributed by atoms with E-state index in [0.29, 0.717) is 17.4 Å². The molecular formula is C23H24F9N3O5S. The Bertz CT molecular complexity index is 1250. The topological polar surface area (TPSA) is 112 Å². The molecule has 2 aromatic rings. The molecule has 0 radical (unpaired) electrons. The van der Waals surface area contributed by atoms with Gasteiger partial charge in [0, 0.05) is 30.8 Å². The average molecular weight is 626 g/mol. The fourth-order valence-corrected chi connectivity index (χ4v) is 4.41. The standard InChI is InChI=1S/C23H24F9N3O5S/c1-5-35(6-2)18(37)14-15(41-17(34-14)16(36)33-10-19(3,4)38)12-8-7-11(9-13(12)40-23(30,31)32)20(39,21(24,25)26)22(27,28)29/h7-9,38-39H,5-6,10H2,1-4H3,(H,33,36). The second kappa shape index (κ2) is 11.6. The number of nitrogens with one attached hydrogen (secondary N) is 1. The van der Waals surface area contributed by atoms with Crippen LogP contribution in [-0.4, -0.2) is 75.9 Å². The van der Waals surface area contributed by atoms with Crippen molar-refractivity contribution >= 4 is 23.2 Å². The van der Waals surface area contributed by atoms with Gasteiger partial charge < -0.3 is 25.2 Å². The van der Waals surface area contributed by atoms with Crippen molar-refractivity contribution in [2.24, 2.45) is 0 Å². The second-order valence-electron chi connectivity index (χ2n) is 9.13. The van der Waals surface area contributed by atoms with Gasteiger partial charge in [0.15, 0.2) is 5.01 Å². The Morgan fingerprint density at radius 1 is 0.976 bits per heavy atom. The summed E-state index contributed by atoms with van der Waals surface area (Å²) in [5, 5.41) is 21.3. The highest BCUT2D eigenvalue weighted by Gasteiger charge is 2.71. The van der Waals surface area contributed by atoms with Crippen LogP contribution in [0.4, 0.5) is 39.5 Å². The van der Waals surface area contributed by atoms with Gasteiger partial charge in [-0.1, -0.05) is 6.07 Å². The van der Waals surface area contributed by atoms with E-state index in [1.807, 2.05) is 0 Å². The number of benzene rings is 1. The average Bonchev–Trinajstić information content (AvgIpc) is 3.25. The predicted octanol–water partition coefficient (Wildman–Crippen LogP) is 5.00. The summed E-state index contributed by atoms with van der Waals surface area (Å²) in [7, 11) is 0. The lowest BCUT2D eigenvalue weighted by molar-refractivity contribution is -0.376. The smallest absolute Gasteiger partial charge is 0.405 e. The van der Waals surface area contributed by atoms with Crippen LogP contribution in [0.15, 0.2) is 18.2 Å². The van der Waals surface area contributed by atoms with Gasteiger partial charge in [-0.2, -0.15) is 26.3 Å². The van der Waals surface area contributed by atoms with E-state index in [9.17, 15) is 59.3 Å². The van der Waals surface area contributed by atoms with E-state index in [2.05, 4.69) is 15.0 Å². The molecule has 2 amide bonds. The third-order valence-corrected chi connectivity index (χ3v) is 6.53. The van der Waals surface area contributed by atoms with Crippen LogP contribution in [0, 0.1) is 0 Å². The van der Waals surface area contributed by atoms with Gasteiger partial charge in [-0.15, -0.1) is 24.5 Å². The van der Waals surface area contributed by atoms with Crippen molar-refractivity contribution in [1.82, 2.24) is 15.2 Å². The monoisotopic (exact) mass is 625 g/mol. The molecule has 41 heavy (non-hydrogen) atoms. The maximum atomic E-state index is 13.4. The molecule has 0 aliphatic heterocycles. The number of thiazole rings is 1. The highest BCUT2D eigenvalue weighted by atomic mass is 32.1. The molecule has 18 heteroatoms. The summed E-state index contributed by atoms with van der Waals surface area (Å²) in [6, 6.07) is 0.117. The number of rotatable bonds is 9. The number of hydrogen-bond acceptors (Lipinski definition) is 7. The van der Waals surface area contributed by atoms with Crippen LogP contribution in [0.1, 0.15) is 53.5 Å². The number of amides is 2. The Morgan fingerprint density at radius 3 is 1.95 bits per heavy atom. The Morgan fingerprint density at radius 2 is 1.51 bits per heavy atom. The number of aliphatic hydroxyl groups is 2. The SMILES string of the molecule is CCN(CC)C(=O)c1nc(C(=O)NCC(C)(C)O)sc1-c1ccc(C(O)(C(F)(F)F)C(F)(F)F)cc1OC(F)(F)F. The zero-order valence-electron chi connectivity index (χ0n) is 21.7. The third kappa shape index (κ3) is 7.59. The predicted molar refractivity (Wildman–Crippen MR) is 126 cm³/mol. The molecule has 2 rings (SSSR count).